The predicted molar refractivity (Wildman–Crippen MR) is 75.9 cm³/mol. The molecule has 0 aromatic heterocycles. The summed E-state index contributed by atoms with van der Waals surface area (Å²) in [5.41, 5.74) is -0.535. The van der Waals surface area contributed by atoms with Crippen LogP contribution in [-0.4, -0.2) is 50.5 Å². The summed E-state index contributed by atoms with van der Waals surface area (Å²) in [7, 11) is -3.44. The summed E-state index contributed by atoms with van der Waals surface area (Å²) in [6.45, 7) is 8.02. The van der Waals surface area contributed by atoms with Crippen LogP contribution in [0.3, 0.4) is 0 Å². The van der Waals surface area contributed by atoms with Crippen molar-refractivity contribution in [3.63, 3.8) is 0 Å². The first-order valence-corrected chi connectivity index (χ1v) is 8.63. The van der Waals surface area contributed by atoms with Crippen LogP contribution in [-0.2, 0) is 19.0 Å². The lowest BCUT2D eigenvalue weighted by molar-refractivity contribution is 0.00239. The Kier molecular flexibility index (Phi) is 5.43. The molecule has 0 radical (unpaired) electrons. The monoisotopic (exact) mass is 307 g/mol. The Labute approximate surface area is 121 Å². The Morgan fingerprint density at radius 1 is 1.30 bits per heavy atom. The second-order valence-corrected chi connectivity index (χ2v) is 8.06. The van der Waals surface area contributed by atoms with Gasteiger partial charge in [-0.1, -0.05) is 0 Å². The lowest BCUT2D eigenvalue weighted by atomic mass is 9.94. The first-order valence-electron chi connectivity index (χ1n) is 6.82. The maximum absolute atomic E-state index is 12.1. The third kappa shape index (κ3) is 6.09. The average molecular weight is 307 g/mol. The molecule has 0 aromatic carbocycles. The average Bonchev–Trinajstić information content (AvgIpc) is 2.24. The van der Waals surface area contributed by atoms with Gasteiger partial charge >= 0.3 is 6.09 Å². The van der Waals surface area contributed by atoms with Crippen molar-refractivity contribution in [3.05, 3.63) is 0 Å². The highest BCUT2D eigenvalue weighted by Crippen LogP contribution is 2.24. The van der Waals surface area contributed by atoms with E-state index in [4.69, 9.17) is 8.92 Å². The summed E-state index contributed by atoms with van der Waals surface area (Å²) in [5.74, 6) is 0.0217. The van der Waals surface area contributed by atoms with E-state index in [0.717, 1.165) is 19.1 Å². The van der Waals surface area contributed by atoms with E-state index in [2.05, 4.69) is 0 Å². The molecule has 20 heavy (non-hydrogen) atoms. The van der Waals surface area contributed by atoms with Crippen molar-refractivity contribution in [2.45, 2.75) is 52.2 Å². The maximum Gasteiger partial charge on any atom is 0.410 e. The number of hydrogen-bond acceptors (Lipinski definition) is 5. The fourth-order valence-corrected chi connectivity index (χ4v) is 2.55. The van der Waals surface area contributed by atoms with Gasteiger partial charge in [0, 0.05) is 18.5 Å². The standard InChI is InChI=1S/C13H25NO5S/c1-10-6-7-11(9-18-20(5,16)17)8-14(10)12(15)19-13(2,3)4/h10-11H,6-9H2,1-5H3/t10-,11+/m1/s1. The van der Waals surface area contributed by atoms with Crippen LogP contribution in [0.2, 0.25) is 0 Å². The van der Waals surface area contributed by atoms with Gasteiger partial charge in [-0.15, -0.1) is 0 Å². The first-order chi connectivity index (χ1) is 8.98. The van der Waals surface area contributed by atoms with Gasteiger partial charge < -0.3 is 9.64 Å². The SMILES string of the molecule is C[C@@H]1CC[C@H](COS(C)(=O)=O)CN1C(=O)OC(C)(C)C. The second kappa shape index (κ2) is 6.30. The molecule has 1 aliphatic rings. The zero-order valence-electron chi connectivity index (χ0n) is 12.9. The van der Waals surface area contributed by atoms with E-state index in [1.807, 2.05) is 27.7 Å². The second-order valence-electron chi connectivity index (χ2n) is 6.41. The Bertz CT molecular complexity index is 440. The number of amides is 1. The van der Waals surface area contributed by atoms with Gasteiger partial charge in [0.2, 0.25) is 0 Å². The minimum Gasteiger partial charge on any atom is -0.444 e. The van der Waals surface area contributed by atoms with Crippen LogP contribution < -0.4 is 0 Å². The van der Waals surface area contributed by atoms with Gasteiger partial charge in [-0.25, -0.2) is 4.79 Å². The summed E-state index contributed by atoms with van der Waals surface area (Å²) < 4.78 is 32.2. The number of carbonyl (C=O) groups excluding carboxylic acids is 1. The third-order valence-corrected chi connectivity index (χ3v) is 3.69. The lowest BCUT2D eigenvalue weighted by Gasteiger charge is -2.38. The van der Waals surface area contributed by atoms with Crippen molar-refractivity contribution >= 4 is 16.2 Å². The number of likely N-dealkylation sites (tertiary alicyclic amines) is 1. The molecule has 1 fully saturated rings. The van der Waals surface area contributed by atoms with E-state index in [1.54, 1.807) is 4.90 Å². The van der Waals surface area contributed by atoms with Crippen molar-refractivity contribution in [1.29, 1.82) is 0 Å². The van der Waals surface area contributed by atoms with Gasteiger partial charge in [-0.2, -0.15) is 8.42 Å². The molecule has 6 nitrogen and oxygen atoms in total. The fraction of sp³-hybridized carbons (Fsp3) is 0.923. The van der Waals surface area contributed by atoms with Gasteiger partial charge in [0.25, 0.3) is 10.1 Å². The lowest BCUT2D eigenvalue weighted by Crippen LogP contribution is -2.48. The van der Waals surface area contributed by atoms with E-state index >= 15 is 0 Å². The van der Waals surface area contributed by atoms with Gasteiger partial charge in [0.05, 0.1) is 12.9 Å². The highest BCUT2D eigenvalue weighted by Gasteiger charge is 2.32. The minimum atomic E-state index is -3.44. The van der Waals surface area contributed by atoms with E-state index < -0.39 is 15.7 Å². The molecule has 0 spiro atoms. The zero-order valence-corrected chi connectivity index (χ0v) is 13.7. The summed E-state index contributed by atoms with van der Waals surface area (Å²) in [6.07, 6.45) is 2.34. The predicted octanol–water partition coefficient (Wildman–Crippen LogP) is 2.00. The number of carbonyl (C=O) groups is 1. The number of rotatable bonds is 3. The van der Waals surface area contributed by atoms with Crippen LogP contribution >= 0.6 is 0 Å². The van der Waals surface area contributed by atoms with Crippen molar-refractivity contribution in [1.82, 2.24) is 4.90 Å². The highest BCUT2D eigenvalue weighted by atomic mass is 32.2. The molecular formula is C13H25NO5S. The summed E-state index contributed by atoms with van der Waals surface area (Å²) in [5, 5.41) is 0. The molecule has 118 valence electrons. The normalized spacial score (nSPS) is 24.6. The molecule has 1 rings (SSSR count). The number of ether oxygens (including phenoxy) is 1. The smallest absolute Gasteiger partial charge is 0.410 e. The molecule has 1 aliphatic heterocycles. The molecule has 1 saturated heterocycles. The molecule has 0 bridgehead atoms. The van der Waals surface area contributed by atoms with Gasteiger partial charge in [0.15, 0.2) is 0 Å². The summed E-state index contributed by atoms with van der Waals surface area (Å²) in [4.78, 5) is 13.8. The van der Waals surface area contributed by atoms with Crippen LogP contribution in [0.15, 0.2) is 0 Å². The quantitative estimate of drug-likeness (QED) is 0.746. The Balaban J connectivity index is 2.60. The molecule has 0 aliphatic carbocycles. The topological polar surface area (TPSA) is 72.9 Å². The van der Waals surface area contributed by atoms with Crippen molar-refractivity contribution in [2.75, 3.05) is 19.4 Å². The minimum absolute atomic E-state index is 0.0217. The molecular weight excluding hydrogens is 282 g/mol. The third-order valence-electron chi connectivity index (χ3n) is 3.13. The van der Waals surface area contributed by atoms with Crippen molar-refractivity contribution in [2.24, 2.45) is 5.92 Å². The largest absolute Gasteiger partial charge is 0.444 e. The molecule has 0 aromatic rings. The maximum atomic E-state index is 12.1. The zero-order chi connectivity index (χ0) is 15.6. The van der Waals surface area contributed by atoms with Crippen molar-refractivity contribution < 1.29 is 22.1 Å². The van der Waals surface area contributed by atoms with Crippen LogP contribution in [0.25, 0.3) is 0 Å². The van der Waals surface area contributed by atoms with Crippen molar-refractivity contribution in [3.8, 4) is 0 Å². The summed E-state index contributed by atoms with van der Waals surface area (Å²) in [6, 6.07) is 0.0966. The summed E-state index contributed by atoms with van der Waals surface area (Å²) >= 11 is 0. The van der Waals surface area contributed by atoms with Crippen LogP contribution in [0.1, 0.15) is 40.5 Å². The van der Waals surface area contributed by atoms with Gasteiger partial charge in [-0.3, -0.25) is 4.18 Å². The number of hydrogen-bond donors (Lipinski definition) is 0. The molecule has 0 saturated carbocycles. The Morgan fingerprint density at radius 2 is 1.90 bits per heavy atom. The van der Waals surface area contributed by atoms with Crippen LogP contribution in [0, 0.1) is 5.92 Å². The molecule has 0 unspecified atom stereocenters. The molecule has 7 heteroatoms. The number of piperidine rings is 1. The van der Waals surface area contributed by atoms with E-state index in [9.17, 15) is 13.2 Å². The molecule has 1 amide bonds. The Hall–Kier alpha value is -0.820. The highest BCUT2D eigenvalue weighted by molar-refractivity contribution is 7.85. The van der Waals surface area contributed by atoms with E-state index in [-0.39, 0.29) is 24.7 Å². The van der Waals surface area contributed by atoms with Gasteiger partial charge in [0.1, 0.15) is 5.60 Å². The first kappa shape index (κ1) is 17.2. The fourth-order valence-electron chi connectivity index (χ4n) is 2.11. The Morgan fingerprint density at radius 3 is 2.40 bits per heavy atom. The van der Waals surface area contributed by atoms with E-state index in [1.165, 1.54) is 0 Å². The van der Waals surface area contributed by atoms with Crippen LogP contribution in [0.4, 0.5) is 4.79 Å². The number of nitrogens with zero attached hydrogens (tertiary/aromatic N) is 1. The van der Waals surface area contributed by atoms with Gasteiger partial charge in [-0.05, 0) is 40.5 Å². The molecule has 1 heterocycles. The van der Waals surface area contributed by atoms with Crippen LogP contribution in [0.5, 0.6) is 0 Å². The van der Waals surface area contributed by atoms with E-state index in [0.29, 0.717) is 6.54 Å². The molecule has 0 N–H and O–H groups in total. The molecule has 2 atom stereocenters.